The van der Waals surface area contributed by atoms with Gasteiger partial charge >= 0.3 is 5.97 Å². The minimum Gasteiger partial charge on any atom is -0.465 e. The van der Waals surface area contributed by atoms with Gasteiger partial charge in [-0.3, -0.25) is 9.97 Å². The molecule has 130 valence electrons. The number of pyridine rings is 2. The lowest BCUT2D eigenvalue weighted by molar-refractivity contribution is 0.0601. The third-order valence-corrected chi connectivity index (χ3v) is 4.18. The number of hydrogen-bond donors (Lipinski definition) is 1. The highest BCUT2D eigenvalue weighted by molar-refractivity contribution is 6.04. The number of rotatable bonds is 5. The van der Waals surface area contributed by atoms with E-state index in [0.717, 1.165) is 11.3 Å². The zero-order chi connectivity index (χ0) is 18.5. The zero-order valence-corrected chi connectivity index (χ0v) is 14.6. The molecule has 3 aromatic rings. The van der Waals surface area contributed by atoms with Crippen molar-refractivity contribution in [2.45, 2.75) is 19.3 Å². The number of benzene rings is 1. The van der Waals surface area contributed by atoms with Crippen LogP contribution in [0.25, 0.3) is 11.0 Å². The topological polar surface area (TPSA) is 87.9 Å². The number of nitrogens with one attached hydrogen (secondary N) is 1. The van der Waals surface area contributed by atoms with E-state index in [0.29, 0.717) is 28.7 Å². The maximum absolute atomic E-state index is 12.2. The Morgan fingerprint density at radius 2 is 2.08 bits per heavy atom. The highest BCUT2D eigenvalue weighted by Gasteiger charge is 2.19. The Hall–Kier alpha value is -3.46. The summed E-state index contributed by atoms with van der Waals surface area (Å²) in [4.78, 5) is 20.9. The van der Waals surface area contributed by atoms with E-state index in [4.69, 9.17) is 10.00 Å². The maximum Gasteiger partial charge on any atom is 0.341 e. The first kappa shape index (κ1) is 17.4. The molecule has 6 heteroatoms. The molecule has 0 radical (unpaired) electrons. The fourth-order valence-corrected chi connectivity index (χ4v) is 2.83. The normalized spacial score (nSPS) is 11.6. The molecule has 0 saturated heterocycles. The number of esters is 1. The molecule has 0 aliphatic rings. The molecule has 0 bridgehead atoms. The third kappa shape index (κ3) is 3.33. The van der Waals surface area contributed by atoms with Crippen molar-refractivity contribution >= 4 is 28.4 Å². The van der Waals surface area contributed by atoms with Crippen molar-refractivity contribution in [1.29, 1.82) is 5.26 Å². The van der Waals surface area contributed by atoms with Crippen LogP contribution in [0.15, 0.2) is 48.8 Å². The predicted molar refractivity (Wildman–Crippen MR) is 99.2 cm³/mol. The highest BCUT2D eigenvalue weighted by atomic mass is 16.5. The number of anilines is 2. The Labute approximate surface area is 151 Å². The molecular weight excluding hydrogens is 328 g/mol. The number of aromatic nitrogens is 2. The molecule has 2 heterocycles. The molecule has 0 amide bonds. The van der Waals surface area contributed by atoms with E-state index in [1.165, 1.54) is 13.3 Å². The average Bonchev–Trinajstić information content (AvgIpc) is 2.68. The first-order valence-electron chi connectivity index (χ1n) is 8.20. The van der Waals surface area contributed by atoms with E-state index >= 15 is 0 Å². The summed E-state index contributed by atoms with van der Waals surface area (Å²) in [7, 11) is 1.33. The Balaban J connectivity index is 2.15. The fraction of sp³-hybridized carbons (Fsp3) is 0.200. The summed E-state index contributed by atoms with van der Waals surface area (Å²) in [6.07, 6.45) is 3.54. The van der Waals surface area contributed by atoms with Crippen LogP contribution in [0.2, 0.25) is 0 Å². The average molecular weight is 346 g/mol. The van der Waals surface area contributed by atoms with Gasteiger partial charge in [-0.15, -0.1) is 0 Å². The molecule has 0 saturated carbocycles. The van der Waals surface area contributed by atoms with Gasteiger partial charge in [-0.25, -0.2) is 4.79 Å². The molecule has 0 fully saturated rings. The first-order chi connectivity index (χ1) is 12.7. The molecule has 1 N–H and O–H groups in total. The van der Waals surface area contributed by atoms with Gasteiger partial charge in [0.1, 0.15) is 11.1 Å². The molecule has 1 unspecified atom stereocenters. The number of nitriles is 1. The van der Waals surface area contributed by atoms with Gasteiger partial charge in [-0.1, -0.05) is 25.1 Å². The summed E-state index contributed by atoms with van der Waals surface area (Å²) in [5.74, 6) is -0.443. The number of fused-ring (bicyclic) bond motifs is 1. The molecule has 6 nitrogen and oxygen atoms in total. The number of hydrogen-bond acceptors (Lipinski definition) is 6. The van der Waals surface area contributed by atoms with Crippen molar-refractivity contribution in [1.82, 2.24) is 9.97 Å². The molecular formula is C20H18N4O2. The van der Waals surface area contributed by atoms with Crippen LogP contribution >= 0.6 is 0 Å². The van der Waals surface area contributed by atoms with Crippen LogP contribution in [0.1, 0.15) is 35.2 Å². The monoisotopic (exact) mass is 346 g/mol. The maximum atomic E-state index is 12.2. The number of ether oxygens (including phenoxy) is 1. The van der Waals surface area contributed by atoms with Gasteiger partial charge in [0.15, 0.2) is 0 Å². The largest absolute Gasteiger partial charge is 0.465 e. The molecule has 0 aliphatic heterocycles. The van der Waals surface area contributed by atoms with Gasteiger partial charge in [0.2, 0.25) is 0 Å². The lowest BCUT2D eigenvalue weighted by Crippen LogP contribution is -2.09. The summed E-state index contributed by atoms with van der Waals surface area (Å²) in [6, 6.07) is 13.5. The van der Waals surface area contributed by atoms with Crippen LogP contribution in [0, 0.1) is 11.3 Å². The SMILES string of the molecule is COC(=O)c1cnc2cccnc2c1Nc1ccccc1C(C)CC#N. The molecule has 3 rings (SSSR count). The standard InChI is InChI=1S/C20H18N4O2/c1-13(9-10-21)14-6-3-4-7-16(14)24-18-15(20(25)26-2)12-23-17-8-5-11-22-19(17)18/h3-8,11-13H,9H2,1-2H3,(H,23,24). The number of carbonyl (C=O) groups excluding carboxylic acids is 1. The lowest BCUT2D eigenvalue weighted by atomic mass is 9.96. The minimum absolute atomic E-state index is 0.0475. The van der Waals surface area contributed by atoms with Crippen LogP contribution in [0.4, 0.5) is 11.4 Å². The summed E-state index contributed by atoms with van der Waals surface area (Å²) < 4.78 is 4.89. The summed E-state index contributed by atoms with van der Waals surface area (Å²) >= 11 is 0. The zero-order valence-electron chi connectivity index (χ0n) is 14.6. The second-order valence-corrected chi connectivity index (χ2v) is 5.89. The first-order valence-corrected chi connectivity index (χ1v) is 8.20. The lowest BCUT2D eigenvalue weighted by Gasteiger charge is -2.18. The smallest absolute Gasteiger partial charge is 0.341 e. The number of para-hydroxylation sites is 1. The second-order valence-electron chi connectivity index (χ2n) is 5.89. The van der Waals surface area contributed by atoms with Crippen molar-refractivity contribution in [2.24, 2.45) is 0 Å². The molecule has 26 heavy (non-hydrogen) atoms. The van der Waals surface area contributed by atoms with Crippen molar-refractivity contribution in [2.75, 3.05) is 12.4 Å². The number of nitrogens with zero attached hydrogens (tertiary/aromatic N) is 3. The van der Waals surface area contributed by atoms with Crippen LogP contribution in [-0.2, 0) is 4.74 Å². The van der Waals surface area contributed by atoms with Gasteiger partial charge in [0, 0.05) is 24.5 Å². The third-order valence-electron chi connectivity index (χ3n) is 4.18. The van der Waals surface area contributed by atoms with Gasteiger partial charge < -0.3 is 10.1 Å². The Kier molecular flexibility index (Phi) is 5.09. The summed E-state index contributed by atoms with van der Waals surface area (Å²) in [5.41, 5.74) is 3.91. The van der Waals surface area contributed by atoms with Crippen LogP contribution in [-0.4, -0.2) is 23.0 Å². The highest BCUT2D eigenvalue weighted by Crippen LogP contribution is 2.33. The van der Waals surface area contributed by atoms with Gasteiger partial charge in [0.25, 0.3) is 0 Å². The van der Waals surface area contributed by atoms with E-state index in [1.54, 1.807) is 12.3 Å². The van der Waals surface area contributed by atoms with Crippen LogP contribution in [0.5, 0.6) is 0 Å². The summed E-state index contributed by atoms with van der Waals surface area (Å²) in [5, 5.41) is 12.3. The van der Waals surface area contributed by atoms with Gasteiger partial charge in [0.05, 0.1) is 24.4 Å². The van der Waals surface area contributed by atoms with Crippen LogP contribution in [0.3, 0.4) is 0 Å². The molecule has 1 atom stereocenters. The van der Waals surface area contributed by atoms with E-state index in [9.17, 15) is 4.79 Å². The Morgan fingerprint density at radius 3 is 2.85 bits per heavy atom. The minimum atomic E-state index is -0.491. The van der Waals surface area contributed by atoms with E-state index in [1.807, 2.05) is 37.3 Å². The van der Waals surface area contributed by atoms with Gasteiger partial charge in [-0.05, 0) is 29.7 Å². The fourth-order valence-electron chi connectivity index (χ4n) is 2.83. The van der Waals surface area contributed by atoms with Crippen LogP contribution < -0.4 is 5.32 Å². The summed E-state index contributed by atoms with van der Waals surface area (Å²) in [6.45, 7) is 1.99. The Morgan fingerprint density at radius 1 is 1.27 bits per heavy atom. The quantitative estimate of drug-likeness (QED) is 0.697. The predicted octanol–water partition coefficient (Wildman–Crippen LogP) is 4.18. The van der Waals surface area contributed by atoms with E-state index in [2.05, 4.69) is 21.4 Å². The molecule has 1 aromatic carbocycles. The Bertz CT molecular complexity index is 995. The van der Waals surface area contributed by atoms with Crippen molar-refractivity contribution in [3.63, 3.8) is 0 Å². The van der Waals surface area contributed by atoms with Gasteiger partial charge in [-0.2, -0.15) is 5.26 Å². The van der Waals surface area contributed by atoms with Crippen molar-refractivity contribution in [3.05, 3.63) is 59.9 Å². The molecule has 2 aromatic heterocycles. The van der Waals surface area contributed by atoms with Crippen molar-refractivity contribution < 1.29 is 9.53 Å². The number of carbonyl (C=O) groups is 1. The second kappa shape index (κ2) is 7.62. The molecule has 0 aliphatic carbocycles. The number of methoxy groups -OCH3 is 1. The van der Waals surface area contributed by atoms with Crippen molar-refractivity contribution in [3.8, 4) is 6.07 Å². The van der Waals surface area contributed by atoms with E-state index in [-0.39, 0.29) is 5.92 Å². The van der Waals surface area contributed by atoms with E-state index < -0.39 is 5.97 Å². The molecule has 0 spiro atoms.